The van der Waals surface area contributed by atoms with E-state index in [0.717, 1.165) is 12.8 Å². The fourth-order valence-corrected chi connectivity index (χ4v) is 0.836. The highest BCUT2D eigenvalue weighted by atomic mass is 16.5. The van der Waals surface area contributed by atoms with Gasteiger partial charge in [0.25, 0.3) is 0 Å². The highest BCUT2D eigenvalue weighted by Crippen LogP contribution is 2.10. The minimum Gasteiger partial charge on any atom is -0.466 e. The van der Waals surface area contributed by atoms with Gasteiger partial charge in [-0.2, -0.15) is 0 Å². The van der Waals surface area contributed by atoms with Crippen LogP contribution < -0.4 is 0 Å². The molecule has 0 aromatic carbocycles. The predicted octanol–water partition coefficient (Wildman–Crippen LogP) is 2.54. The van der Waals surface area contributed by atoms with E-state index >= 15 is 0 Å². The Morgan fingerprint density at radius 3 is 2.50 bits per heavy atom. The van der Waals surface area contributed by atoms with Crippen molar-refractivity contribution in [1.29, 1.82) is 0 Å². The summed E-state index contributed by atoms with van der Waals surface area (Å²) in [7, 11) is 0. The van der Waals surface area contributed by atoms with E-state index in [9.17, 15) is 4.79 Å². The second-order valence-corrected chi connectivity index (χ2v) is 3.40. The monoisotopic (exact) mass is 170 g/mol. The van der Waals surface area contributed by atoms with Crippen LogP contribution in [0.3, 0.4) is 0 Å². The van der Waals surface area contributed by atoms with Crippen molar-refractivity contribution in [3.63, 3.8) is 0 Å². The van der Waals surface area contributed by atoms with Crippen molar-refractivity contribution in [3.8, 4) is 0 Å². The van der Waals surface area contributed by atoms with Crippen LogP contribution in [0.15, 0.2) is 12.2 Å². The normalized spacial score (nSPS) is 12.2. The van der Waals surface area contributed by atoms with Crippen LogP contribution in [0.5, 0.6) is 0 Å². The van der Waals surface area contributed by atoms with Crippen molar-refractivity contribution in [1.82, 2.24) is 0 Å². The lowest BCUT2D eigenvalue weighted by molar-refractivity contribution is -0.142. The zero-order chi connectivity index (χ0) is 9.56. The molecule has 2 nitrogen and oxygen atoms in total. The van der Waals surface area contributed by atoms with Crippen molar-refractivity contribution < 1.29 is 9.53 Å². The first kappa shape index (κ1) is 11.2. The quantitative estimate of drug-likeness (QED) is 0.468. The van der Waals surface area contributed by atoms with Crippen LogP contribution in [0.1, 0.15) is 33.6 Å². The number of hydrogen-bond acceptors (Lipinski definition) is 2. The van der Waals surface area contributed by atoms with Crippen LogP contribution in [-0.4, -0.2) is 12.6 Å². The molecule has 1 unspecified atom stereocenters. The Balaban J connectivity index is 3.39. The molecule has 0 bridgehead atoms. The Morgan fingerprint density at radius 1 is 1.50 bits per heavy atom. The third-order valence-electron chi connectivity index (χ3n) is 1.64. The Bertz CT molecular complexity index is 143. The van der Waals surface area contributed by atoms with Crippen molar-refractivity contribution in [2.75, 3.05) is 6.61 Å². The molecule has 1 atom stereocenters. The van der Waals surface area contributed by atoms with Crippen molar-refractivity contribution in [2.24, 2.45) is 5.92 Å². The SMILES string of the molecule is C=C(C)CCC(C)COC(C)=O. The molecule has 0 saturated heterocycles. The van der Waals surface area contributed by atoms with E-state index in [1.165, 1.54) is 12.5 Å². The Labute approximate surface area is 74.6 Å². The van der Waals surface area contributed by atoms with E-state index in [1.54, 1.807) is 0 Å². The number of esters is 1. The van der Waals surface area contributed by atoms with Crippen LogP contribution in [0.2, 0.25) is 0 Å². The molecule has 12 heavy (non-hydrogen) atoms. The van der Waals surface area contributed by atoms with E-state index in [2.05, 4.69) is 13.5 Å². The molecule has 0 aromatic rings. The number of allylic oxidation sites excluding steroid dienone is 1. The van der Waals surface area contributed by atoms with E-state index < -0.39 is 0 Å². The van der Waals surface area contributed by atoms with Gasteiger partial charge < -0.3 is 4.74 Å². The topological polar surface area (TPSA) is 26.3 Å². The summed E-state index contributed by atoms with van der Waals surface area (Å²) >= 11 is 0. The molecule has 70 valence electrons. The van der Waals surface area contributed by atoms with Crippen molar-refractivity contribution >= 4 is 5.97 Å². The van der Waals surface area contributed by atoms with Crippen molar-refractivity contribution in [3.05, 3.63) is 12.2 Å². The Hall–Kier alpha value is -0.790. The lowest BCUT2D eigenvalue weighted by Gasteiger charge is -2.10. The highest BCUT2D eigenvalue weighted by Gasteiger charge is 2.03. The van der Waals surface area contributed by atoms with Gasteiger partial charge in [0.15, 0.2) is 0 Å². The molecule has 0 N–H and O–H groups in total. The molecule has 0 amide bonds. The fraction of sp³-hybridized carbons (Fsp3) is 0.700. The molecule has 0 heterocycles. The summed E-state index contributed by atoms with van der Waals surface area (Å²) in [6, 6.07) is 0. The number of carbonyl (C=O) groups excluding carboxylic acids is 1. The first-order valence-corrected chi connectivity index (χ1v) is 4.30. The summed E-state index contributed by atoms with van der Waals surface area (Å²) in [5.41, 5.74) is 1.18. The molecule has 0 aliphatic carbocycles. The summed E-state index contributed by atoms with van der Waals surface area (Å²) in [5.74, 6) is 0.239. The van der Waals surface area contributed by atoms with Gasteiger partial charge in [-0.3, -0.25) is 4.79 Å². The largest absolute Gasteiger partial charge is 0.466 e. The third kappa shape index (κ3) is 7.32. The highest BCUT2D eigenvalue weighted by molar-refractivity contribution is 5.65. The average molecular weight is 170 g/mol. The molecule has 2 heteroatoms. The van der Waals surface area contributed by atoms with Crippen LogP contribution in [0.25, 0.3) is 0 Å². The maximum absolute atomic E-state index is 10.4. The zero-order valence-electron chi connectivity index (χ0n) is 8.22. The summed E-state index contributed by atoms with van der Waals surface area (Å²) in [5, 5.41) is 0. The van der Waals surface area contributed by atoms with Gasteiger partial charge in [0.05, 0.1) is 6.61 Å². The van der Waals surface area contributed by atoms with Gasteiger partial charge in [0, 0.05) is 6.92 Å². The van der Waals surface area contributed by atoms with Crippen LogP contribution in [-0.2, 0) is 9.53 Å². The third-order valence-corrected chi connectivity index (χ3v) is 1.64. The molecule has 0 aliphatic rings. The van der Waals surface area contributed by atoms with Gasteiger partial charge in [-0.05, 0) is 25.7 Å². The molecule has 0 radical (unpaired) electrons. The lowest BCUT2D eigenvalue weighted by atomic mass is 10.0. The number of ether oxygens (including phenoxy) is 1. The van der Waals surface area contributed by atoms with E-state index in [1.807, 2.05) is 6.92 Å². The summed E-state index contributed by atoms with van der Waals surface area (Å²) in [4.78, 5) is 10.4. The van der Waals surface area contributed by atoms with Gasteiger partial charge in [-0.15, -0.1) is 6.58 Å². The maximum atomic E-state index is 10.4. The fourth-order valence-electron chi connectivity index (χ4n) is 0.836. The maximum Gasteiger partial charge on any atom is 0.302 e. The van der Waals surface area contributed by atoms with Crippen LogP contribution in [0, 0.1) is 5.92 Å². The van der Waals surface area contributed by atoms with Gasteiger partial charge in [0.1, 0.15) is 0 Å². The minimum atomic E-state index is -0.197. The first-order chi connectivity index (χ1) is 5.52. The summed E-state index contributed by atoms with van der Waals surface area (Å²) < 4.78 is 4.87. The Kier molecular flexibility index (Phi) is 5.43. The second kappa shape index (κ2) is 5.81. The first-order valence-electron chi connectivity index (χ1n) is 4.30. The standard InChI is InChI=1S/C10H18O2/c1-8(2)5-6-9(3)7-12-10(4)11/h9H,1,5-7H2,2-4H3. The molecule has 0 aromatic heterocycles. The predicted molar refractivity (Wildman–Crippen MR) is 49.8 cm³/mol. The molecule has 0 spiro atoms. The molecule has 0 saturated carbocycles. The summed E-state index contributed by atoms with van der Waals surface area (Å²) in [6.45, 7) is 9.87. The molecular formula is C10H18O2. The Morgan fingerprint density at radius 2 is 2.08 bits per heavy atom. The zero-order valence-corrected chi connectivity index (χ0v) is 8.22. The molecule has 0 rings (SSSR count). The van der Waals surface area contributed by atoms with E-state index in [-0.39, 0.29) is 5.97 Å². The second-order valence-electron chi connectivity index (χ2n) is 3.40. The van der Waals surface area contributed by atoms with Gasteiger partial charge in [-0.1, -0.05) is 12.5 Å². The number of hydrogen-bond donors (Lipinski definition) is 0. The van der Waals surface area contributed by atoms with Gasteiger partial charge >= 0.3 is 5.97 Å². The van der Waals surface area contributed by atoms with E-state index in [4.69, 9.17) is 4.74 Å². The molecule has 0 fully saturated rings. The molecule has 0 aliphatic heterocycles. The summed E-state index contributed by atoms with van der Waals surface area (Å²) in [6.07, 6.45) is 2.06. The minimum absolute atomic E-state index is 0.197. The smallest absolute Gasteiger partial charge is 0.302 e. The lowest BCUT2D eigenvalue weighted by Crippen LogP contribution is -2.09. The number of rotatable bonds is 5. The van der Waals surface area contributed by atoms with Gasteiger partial charge in [-0.25, -0.2) is 0 Å². The molecular weight excluding hydrogens is 152 g/mol. The van der Waals surface area contributed by atoms with E-state index in [0.29, 0.717) is 12.5 Å². The van der Waals surface area contributed by atoms with Crippen LogP contribution >= 0.6 is 0 Å². The van der Waals surface area contributed by atoms with Crippen molar-refractivity contribution in [2.45, 2.75) is 33.6 Å². The number of carbonyl (C=O) groups is 1. The average Bonchev–Trinajstić information content (AvgIpc) is 1.96. The van der Waals surface area contributed by atoms with Gasteiger partial charge in [0.2, 0.25) is 0 Å². The van der Waals surface area contributed by atoms with Crippen LogP contribution in [0.4, 0.5) is 0 Å².